The monoisotopic (exact) mass is 453 g/mol. The number of hydrogen-bond acceptors (Lipinski definition) is 6. The van der Waals surface area contributed by atoms with Crippen molar-refractivity contribution < 1.29 is 32.6 Å². The Morgan fingerprint density at radius 1 is 1.29 bits per heavy atom. The molecule has 2 aliphatic rings. The fraction of sp³-hybridized carbons (Fsp3) is 0.636. The van der Waals surface area contributed by atoms with Crippen LogP contribution >= 0.6 is 0 Å². The number of amides is 1. The molecule has 1 amide bonds. The number of aryl methyl sites for hydroxylation is 1. The highest BCUT2D eigenvalue weighted by Gasteiger charge is 2.48. The third-order valence-corrected chi connectivity index (χ3v) is 8.42. The third kappa shape index (κ3) is 5.20. The second-order valence-electron chi connectivity index (χ2n) is 8.75. The second-order valence-corrected chi connectivity index (χ2v) is 11.2. The molecule has 1 saturated heterocycles. The van der Waals surface area contributed by atoms with E-state index in [2.05, 4.69) is 0 Å². The lowest BCUT2D eigenvalue weighted by Gasteiger charge is -2.35. The van der Waals surface area contributed by atoms with E-state index in [1.807, 2.05) is 31.2 Å². The summed E-state index contributed by atoms with van der Waals surface area (Å²) in [4.78, 5) is 25.3. The zero-order valence-electron chi connectivity index (χ0n) is 18.2. The molecule has 1 heterocycles. The summed E-state index contributed by atoms with van der Waals surface area (Å²) in [5.74, 6) is -0.753. The molecule has 31 heavy (non-hydrogen) atoms. The Labute approximate surface area is 183 Å². The minimum Gasteiger partial charge on any atom is -0.480 e. The van der Waals surface area contributed by atoms with Crippen LogP contribution in [0.25, 0.3) is 0 Å². The van der Waals surface area contributed by atoms with E-state index in [1.54, 1.807) is 0 Å². The molecular formula is C22H31NO7S. The number of aliphatic carboxylic acids is 1. The van der Waals surface area contributed by atoms with E-state index in [1.165, 1.54) is 10.5 Å². The molecular weight excluding hydrogens is 422 g/mol. The van der Waals surface area contributed by atoms with Crippen molar-refractivity contribution in [2.75, 3.05) is 24.3 Å². The number of cyclic esters (lactones) is 1. The van der Waals surface area contributed by atoms with Gasteiger partial charge in [0.05, 0.1) is 12.6 Å². The van der Waals surface area contributed by atoms with E-state index >= 15 is 0 Å². The molecule has 0 spiro atoms. The number of carbonyl (C=O) groups excluding carboxylic acids is 1. The SMILES string of the molecule is CCOC1CC(CCc2ccc(N3CC(CC(C)(C(=O)O)S(C)(=O)=O)OC3=O)cc2)C1. The fourth-order valence-corrected chi connectivity index (χ4v) is 4.97. The molecule has 2 fully saturated rings. The number of benzene rings is 1. The molecule has 8 nitrogen and oxygen atoms in total. The molecule has 9 heteroatoms. The van der Waals surface area contributed by atoms with Crippen molar-refractivity contribution >= 4 is 27.6 Å². The standard InChI is InChI=1S/C22H31NO7S/c1-4-29-18-11-16(12-18)6-5-15-7-9-17(10-8-15)23-14-19(30-21(23)26)13-22(2,20(24)25)31(3,27)28/h7-10,16,18-19H,4-6,11-14H2,1-3H3,(H,24,25). The summed E-state index contributed by atoms with van der Waals surface area (Å²) in [6, 6.07) is 7.64. The van der Waals surface area contributed by atoms with Gasteiger partial charge in [-0.1, -0.05) is 12.1 Å². The molecule has 1 aromatic rings. The Morgan fingerprint density at radius 2 is 1.94 bits per heavy atom. The van der Waals surface area contributed by atoms with Crippen LogP contribution in [0.15, 0.2) is 24.3 Å². The van der Waals surface area contributed by atoms with Gasteiger partial charge in [-0.05, 0) is 63.1 Å². The van der Waals surface area contributed by atoms with Crippen LogP contribution in [0.4, 0.5) is 10.5 Å². The summed E-state index contributed by atoms with van der Waals surface area (Å²) < 4.78 is 32.9. The summed E-state index contributed by atoms with van der Waals surface area (Å²) in [7, 11) is -3.89. The van der Waals surface area contributed by atoms with Gasteiger partial charge >= 0.3 is 12.1 Å². The lowest BCUT2D eigenvalue weighted by Crippen LogP contribution is -2.46. The quantitative estimate of drug-likeness (QED) is 0.580. The van der Waals surface area contributed by atoms with E-state index in [4.69, 9.17) is 9.47 Å². The number of anilines is 1. The number of nitrogens with zero attached hydrogens (tertiary/aromatic N) is 1. The van der Waals surface area contributed by atoms with Crippen LogP contribution in [0.5, 0.6) is 0 Å². The predicted molar refractivity (Wildman–Crippen MR) is 116 cm³/mol. The van der Waals surface area contributed by atoms with Crippen LogP contribution in [0.3, 0.4) is 0 Å². The van der Waals surface area contributed by atoms with Crippen LogP contribution in [0, 0.1) is 5.92 Å². The number of hydrogen-bond donors (Lipinski definition) is 1. The molecule has 0 aromatic heterocycles. The summed E-state index contributed by atoms with van der Waals surface area (Å²) in [6.07, 6.45) is 3.89. The van der Waals surface area contributed by atoms with Gasteiger partial charge in [0, 0.05) is 25.0 Å². The lowest BCUT2D eigenvalue weighted by atomic mass is 9.78. The van der Waals surface area contributed by atoms with Crippen molar-refractivity contribution in [1.29, 1.82) is 0 Å². The van der Waals surface area contributed by atoms with Crippen LogP contribution < -0.4 is 4.90 Å². The molecule has 2 unspecified atom stereocenters. The van der Waals surface area contributed by atoms with Gasteiger partial charge < -0.3 is 14.6 Å². The Bertz CT molecular complexity index is 908. The van der Waals surface area contributed by atoms with E-state index in [-0.39, 0.29) is 13.0 Å². The first-order valence-corrected chi connectivity index (χ1v) is 12.5. The number of rotatable bonds is 10. The molecule has 0 radical (unpaired) electrons. The number of ether oxygens (including phenoxy) is 2. The molecule has 172 valence electrons. The van der Waals surface area contributed by atoms with E-state index in [0.29, 0.717) is 17.7 Å². The maximum atomic E-state index is 12.3. The van der Waals surface area contributed by atoms with Crippen molar-refractivity contribution in [3.05, 3.63) is 29.8 Å². The van der Waals surface area contributed by atoms with Crippen molar-refractivity contribution in [3.8, 4) is 0 Å². The lowest BCUT2D eigenvalue weighted by molar-refractivity contribution is -0.140. The minimum absolute atomic E-state index is 0.109. The Morgan fingerprint density at radius 3 is 2.48 bits per heavy atom. The number of carboxylic acids is 1. The molecule has 1 aliphatic carbocycles. The van der Waals surface area contributed by atoms with Crippen molar-refractivity contribution in [3.63, 3.8) is 0 Å². The normalized spacial score (nSPS) is 25.6. The molecule has 3 rings (SSSR count). The average molecular weight is 454 g/mol. The number of sulfone groups is 1. The maximum Gasteiger partial charge on any atom is 0.414 e. The van der Waals surface area contributed by atoms with Gasteiger partial charge in [0.25, 0.3) is 0 Å². The first kappa shape index (κ1) is 23.5. The largest absolute Gasteiger partial charge is 0.480 e. The zero-order valence-corrected chi connectivity index (χ0v) is 19.1. The second kappa shape index (κ2) is 9.16. The molecule has 0 bridgehead atoms. The summed E-state index contributed by atoms with van der Waals surface area (Å²) in [5, 5.41) is 9.42. The number of carboxylic acid groups (broad SMARTS) is 1. The van der Waals surface area contributed by atoms with Crippen LogP contribution in [0.2, 0.25) is 0 Å². The Balaban J connectivity index is 1.56. The highest BCUT2D eigenvalue weighted by Crippen LogP contribution is 2.34. The molecule has 1 N–H and O–H groups in total. The van der Waals surface area contributed by atoms with E-state index in [0.717, 1.165) is 45.5 Å². The topological polar surface area (TPSA) is 110 Å². The van der Waals surface area contributed by atoms with E-state index < -0.39 is 32.8 Å². The van der Waals surface area contributed by atoms with Gasteiger partial charge in [-0.15, -0.1) is 0 Å². The molecule has 1 aromatic carbocycles. The smallest absolute Gasteiger partial charge is 0.414 e. The van der Waals surface area contributed by atoms with Gasteiger partial charge in [0.1, 0.15) is 6.10 Å². The minimum atomic E-state index is -3.89. The Kier molecular flexibility index (Phi) is 6.95. The van der Waals surface area contributed by atoms with E-state index in [9.17, 15) is 23.1 Å². The molecule has 1 saturated carbocycles. The zero-order chi connectivity index (χ0) is 22.8. The summed E-state index contributed by atoms with van der Waals surface area (Å²) in [6.45, 7) is 4.04. The summed E-state index contributed by atoms with van der Waals surface area (Å²) in [5.41, 5.74) is 1.83. The fourth-order valence-electron chi connectivity index (χ4n) is 4.17. The van der Waals surface area contributed by atoms with Gasteiger partial charge in [-0.2, -0.15) is 0 Å². The van der Waals surface area contributed by atoms with Crippen LogP contribution in [0.1, 0.15) is 45.1 Å². The van der Waals surface area contributed by atoms with Crippen molar-refractivity contribution in [2.45, 2.75) is 62.9 Å². The molecule has 2 atom stereocenters. The van der Waals surface area contributed by atoms with Crippen LogP contribution in [-0.2, 0) is 30.5 Å². The van der Waals surface area contributed by atoms with Gasteiger partial charge in [-0.25, -0.2) is 13.2 Å². The van der Waals surface area contributed by atoms with Gasteiger partial charge in [0.2, 0.25) is 0 Å². The maximum absolute atomic E-state index is 12.3. The summed E-state index contributed by atoms with van der Waals surface area (Å²) >= 11 is 0. The molecule has 1 aliphatic heterocycles. The first-order chi connectivity index (χ1) is 14.5. The average Bonchev–Trinajstić information content (AvgIpc) is 3.02. The van der Waals surface area contributed by atoms with Gasteiger partial charge in [-0.3, -0.25) is 9.69 Å². The van der Waals surface area contributed by atoms with Crippen LogP contribution in [-0.4, -0.2) is 61.9 Å². The van der Waals surface area contributed by atoms with Gasteiger partial charge in [0.15, 0.2) is 14.6 Å². The van der Waals surface area contributed by atoms with Crippen molar-refractivity contribution in [1.82, 2.24) is 0 Å². The highest BCUT2D eigenvalue weighted by molar-refractivity contribution is 7.92. The van der Waals surface area contributed by atoms with Crippen molar-refractivity contribution in [2.24, 2.45) is 5.92 Å². The third-order valence-electron chi connectivity index (χ3n) is 6.45. The Hall–Kier alpha value is -2.13. The highest BCUT2D eigenvalue weighted by atomic mass is 32.2. The number of carbonyl (C=O) groups is 2. The predicted octanol–water partition coefficient (Wildman–Crippen LogP) is 3.04. The first-order valence-electron chi connectivity index (χ1n) is 10.6.